The third-order valence-electron chi connectivity index (χ3n) is 2.22. The molecule has 0 N–H and O–H groups in total. The van der Waals surface area contributed by atoms with E-state index >= 15 is 0 Å². The van der Waals surface area contributed by atoms with Crippen LogP contribution in [0, 0.1) is 0 Å². The molecule has 1 heterocycles. The number of esters is 3. The van der Waals surface area contributed by atoms with Crippen LogP contribution in [0.3, 0.4) is 0 Å². The van der Waals surface area contributed by atoms with Gasteiger partial charge < -0.3 is 18.9 Å². The third kappa shape index (κ3) is 4.70. The van der Waals surface area contributed by atoms with Gasteiger partial charge in [-0.25, -0.2) is 0 Å². The summed E-state index contributed by atoms with van der Waals surface area (Å²) in [7, 11) is 0. The number of hydrogen-bond donors (Lipinski definition) is 0. The van der Waals surface area contributed by atoms with Crippen LogP contribution in [0.1, 0.15) is 27.2 Å². The lowest BCUT2D eigenvalue weighted by atomic mass is 10.1. The van der Waals surface area contributed by atoms with Gasteiger partial charge >= 0.3 is 17.9 Å². The molecule has 0 aliphatic carbocycles. The number of rotatable bonds is 3. The predicted octanol–water partition coefficient (Wildman–Crippen LogP) is 0.159. The molecule has 18 heavy (non-hydrogen) atoms. The molecule has 0 spiro atoms. The standard InChI is InChI=1S/C11H16O7/c1-6(12)16-9-4-11(18-8(3)14)15-5-10(9)17-7(2)13/h9-11H,4-5H2,1-3H3/t9-,10-,11?/m1/s1. The summed E-state index contributed by atoms with van der Waals surface area (Å²) in [5.41, 5.74) is 0. The average Bonchev–Trinajstić information content (AvgIpc) is 2.19. The van der Waals surface area contributed by atoms with E-state index in [0.717, 1.165) is 0 Å². The molecular weight excluding hydrogens is 244 g/mol. The van der Waals surface area contributed by atoms with Gasteiger partial charge in [0.15, 0.2) is 6.10 Å². The Morgan fingerprint density at radius 3 is 1.89 bits per heavy atom. The lowest BCUT2D eigenvalue weighted by molar-refractivity contribution is -0.228. The minimum absolute atomic E-state index is 0.00940. The van der Waals surface area contributed by atoms with Crippen LogP contribution in [-0.2, 0) is 33.3 Å². The van der Waals surface area contributed by atoms with Crippen LogP contribution in [0.2, 0.25) is 0 Å². The van der Waals surface area contributed by atoms with Crippen molar-refractivity contribution >= 4 is 17.9 Å². The van der Waals surface area contributed by atoms with Crippen molar-refractivity contribution in [2.75, 3.05) is 6.61 Å². The minimum Gasteiger partial charge on any atom is -0.458 e. The molecule has 0 saturated carbocycles. The zero-order valence-corrected chi connectivity index (χ0v) is 10.5. The van der Waals surface area contributed by atoms with E-state index in [0.29, 0.717) is 0 Å². The van der Waals surface area contributed by atoms with Gasteiger partial charge in [-0.2, -0.15) is 0 Å². The van der Waals surface area contributed by atoms with Gasteiger partial charge in [0.2, 0.25) is 6.29 Å². The summed E-state index contributed by atoms with van der Waals surface area (Å²) in [6, 6.07) is 0. The van der Waals surface area contributed by atoms with Crippen molar-refractivity contribution in [3.8, 4) is 0 Å². The highest BCUT2D eigenvalue weighted by molar-refractivity contribution is 5.67. The van der Waals surface area contributed by atoms with Crippen LogP contribution in [-0.4, -0.2) is 43.0 Å². The zero-order chi connectivity index (χ0) is 13.7. The molecule has 0 radical (unpaired) electrons. The Labute approximate surface area is 104 Å². The summed E-state index contributed by atoms with van der Waals surface area (Å²) < 4.78 is 20.1. The molecule has 1 fully saturated rings. The summed E-state index contributed by atoms with van der Waals surface area (Å²) in [5, 5.41) is 0. The van der Waals surface area contributed by atoms with Gasteiger partial charge in [0.05, 0.1) is 13.0 Å². The fourth-order valence-electron chi connectivity index (χ4n) is 1.65. The van der Waals surface area contributed by atoms with Gasteiger partial charge in [-0.15, -0.1) is 0 Å². The van der Waals surface area contributed by atoms with Crippen molar-refractivity contribution in [3.05, 3.63) is 0 Å². The van der Waals surface area contributed by atoms with Crippen LogP contribution < -0.4 is 0 Å². The highest BCUT2D eigenvalue weighted by atomic mass is 16.7. The SMILES string of the molecule is CC(=O)OC1C[C@@H](OC(C)=O)[C@H](OC(C)=O)CO1. The van der Waals surface area contributed by atoms with Crippen LogP contribution in [0.15, 0.2) is 0 Å². The van der Waals surface area contributed by atoms with Crippen LogP contribution in [0.5, 0.6) is 0 Å². The molecule has 7 nitrogen and oxygen atoms in total. The molecular formula is C11H16O7. The van der Waals surface area contributed by atoms with E-state index in [1.165, 1.54) is 20.8 Å². The normalized spacial score (nSPS) is 27.2. The molecule has 0 aromatic heterocycles. The Balaban J connectivity index is 2.62. The number of hydrogen-bond acceptors (Lipinski definition) is 7. The topological polar surface area (TPSA) is 88.1 Å². The van der Waals surface area contributed by atoms with Gasteiger partial charge in [0, 0.05) is 20.8 Å². The smallest absolute Gasteiger partial charge is 0.304 e. The Morgan fingerprint density at radius 1 is 0.889 bits per heavy atom. The first-order valence-electron chi connectivity index (χ1n) is 5.51. The van der Waals surface area contributed by atoms with Gasteiger partial charge in [-0.05, 0) is 0 Å². The van der Waals surface area contributed by atoms with E-state index in [2.05, 4.69) is 0 Å². The molecule has 7 heteroatoms. The molecule has 1 aliphatic heterocycles. The molecule has 1 rings (SSSR count). The Morgan fingerprint density at radius 2 is 1.39 bits per heavy atom. The van der Waals surface area contributed by atoms with Gasteiger partial charge in [-0.1, -0.05) is 0 Å². The molecule has 3 atom stereocenters. The van der Waals surface area contributed by atoms with Crippen molar-refractivity contribution in [1.29, 1.82) is 0 Å². The molecule has 0 amide bonds. The molecule has 0 bridgehead atoms. The highest BCUT2D eigenvalue weighted by Crippen LogP contribution is 2.21. The van der Waals surface area contributed by atoms with Crippen molar-refractivity contribution in [2.45, 2.75) is 45.7 Å². The number of ether oxygens (including phenoxy) is 4. The Kier molecular flexibility index (Phi) is 5.08. The van der Waals surface area contributed by atoms with Gasteiger partial charge in [0.1, 0.15) is 6.10 Å². The second-order valence-electron chi connectivity index (χ2n) is 3.90. The van der Waals surface area contributed by atoms with E-state index in [-0.39, 0.29) is 13.0 Å². The largest absolute Gasteiger partial charge is 0.458 e. The molecule has 0 aromatic carbocycles. The van der Waals surface area contributed by atoms with Crippen molar-refractivity contribution in [1.82, 2.24) is 0 Å². The first kappa shape index (κ1) is 14.4. The van der Waals surface area contributed by atoms with E-state index < -0.39 is 36.4 Å². The lowest BCUT2D eigenvalue weighted by Gasteiger charge is -2.34. The zero-order valence-electron chi connectivity index (χ0n) is 10.5. The molecule has 1 unspecified atom stereocenters. The van der Waals surface area contributed by atoms with Gasteiger partial charge in [-0.3, -0.25) is 14.4 Å². The summed E-state index contributed by atoms with van der Waals surface area (Å²) in [6.45, 7) is 3.77. The molecule has 1 aliphatic rings. The summed E-state index contributed by atoms with van der Waals surface area (Å²) in [5.74, 6) is -1.49. The number of carbonyl (C=O) groups is 3. The summed E-state index contributed by atoms with van der Waals surface area (Å²) in [6.07, 6.45) is -2.02. The fourth-order valence-corrected chi connectivity index (χ4v) is 1.65. The van der Waals surface area contributed by atoms with Crippen LogP contribution in [0.4, 0.5) is 0 Å². The second kappa shape index (κ2) is 6.34. The van der Waals surface area contributed by atoms with Crippen molar-refractivity contribution < 1.29 is 33.3 Å². The predicted molar refractivity (Wildman–Crippen MR) is 57.2 cm³/mol. The summed E-state index contributed by atoms with van der Waals surface area (Å²) in [4.78, 5) is 32.7. The first-order valence-corrected chi connectivity index (χ1v) is 5.51. The van der Waals surface area contributed by atoms with Crippen LogP contribution >= 0.6 is 0 Å². The molecule has 1 saturated heterocycles. The monoisotopic (exact) mass is 260 g/mol. The Bertz CT molecular complexity index is 338. The van der Waals surface area contributed by atoms with E-state index in [1.54, 1.807) is 0 Å². The highest BCUT2D eigenvalue weighted by Gasteiger charge is 2.37. The summed E-state index contributed by atoms with van der Waals surface area (Å²) >= 11 is 0. The maximum absolute atomic E-state index is 11.0. The molecule has 102 valence electrons. The maximum Gasteiger partial charge on any atom is 0.304 e. The van der Waals surface area contributed by atoms with Crippen LogP contribution in [0.25, 0.3) is 0 Å². The molecule has 0 aromatic rings. The second-order valence-corrected chi connectivity index (χ2v) is 3.90. The third-order valence-corrected chi connectivity index (χ3v) is 2.22. The van der Waals surface area contributed by atoms with Gasteiger partial charge in [0.25, 0.3) is 0 Å². The Hall–Kier alpha value is -1.63. The van der Waals surface area contributed by atoms with E-state index in [1.807, 2.05) is 0 Å². The fraction of sp³-hybridized carbons (Fsp3) is 0.727. The van der Waals surface area contributed by atoms with Crippen molar-refractivity contribution in [3.63, 3.8) is 0 Å². The minimum atomic E-state index is -0.793. The quantitative estimate of drug-likeness (QED) is 0.527. The lowest BCUT2D eigenvalue weighted by Crippen LogP contribution is -2.46. The number of carbonyl (C=O) groups excluding carboxylic acids is 3. The first-order chi connectivity index (χ1) is 8.38. The van der Waals surface area contributed by atoms with Crippen molar-refractivity contribution in [2.24, 2.45) is 0 Å². The van der Waals surface area contributed by atoms with E-state index in [9.17, 15) is 14.4 Å². The van der Waals surface area contributed by atoms with E-state index in [4.69, 9.17) is 18.9 Å². The maximum atomic E-state index is 11.0. The average molecular weight is 260 g/mol.